The van der Waals surface area contributed by atoms with Crippen molar-refractivity contribution in [3.63, 3.8) is 0 Å². The standard InChI is InChI=1S/C27H27F3N4O4/c1-36-25(35)16-12-31-26(32-13-16)34-17-8-9-18(34)11-19(10-17)37-14-21-23(33-38-24(21)15-6-7-15)20-4-2-3-5-22(20)27(28,29)30/h2-5,12-13,15,17-19H,6-11,14H2,1H3/t17-,18+,19?. The maximum atomic E-state index is 13.7. The number of alkyl halides is 3. The number of halogens is 3. The largest absolute Gasteiger partial charge is 0.465 e. The molecule has 0 spiro atoms. The van der Waals surface area contributed by atoms with E-state index in [0.717, 1.165) is 44.6 Å². The molecule has 2 aliphatic heterocycles. The summed E-state index contributed by atoms with van der Waals surface area (Å²) in [6, 6.07) is 5.81. The molecule has 11 heteroatoms. The van der Waals surface area contributed by atoms with Gasteiger partial charge >= 0.3 is 12.1 Å². The Morgan fingerprint density at radius 1 is 1.08 bits per heavy atom. The van der Waals surface area contributed by atoms with E-state index in [-0.39, 0.29) is 42.0 Å². The highest BCUT2D eigenvalue weighted by Gasteiger charge is 2.43. The van der Waals surface area contributed by atoms with Crippen LogP contribution in [0.5, 0.6) is 0 Å². The van der Waals surface area contributed by atoms with Crippen LogP contribution >= 0.6 is 0 Å². The Kier molecular flexibility index (Phi) is 6.33. The van der Waals surface area contributed by atoms with E-state index < -0.39 is 17.7 Å². The topological polar surface area (TPSA) is 90.6 Å². The fourth-order valence-electron chi connectivity index (χ4n) is 5.74. The van der Waals surface area contributed by atoms with E-state index in [2.05, 4.69) is 20.0 Å². The van der Waals surface area contributed by atoms with E-state index in [1.807, 2.05) is 0 Å². The summed E-state index contributed by atoms with van der Waals surface area (Å²) in [5.41, 5.74) is 0.392. The molecule has 0 radical (unpaired) electrons. The van der Waals surface area contributed by atoms with Crippen molar-refractivity contribution < 1.29 is 32.0 Å². The Morgan fingerprint density at radius 2 is 1.76 bits per heavy atom. The molecule has 3 aromatic rings. The first-order chi connectivity index (χ1) is 18.3. The smallest absolute Gasteiger partial charge is 0.417 e. The van der Waals surface area contributed by atoms with E-state index >= 15 is 0 Å². The van der Waals surface area contributed by atoms with E-state index in [0.29, 0.717) is 22.8 Å². The first-order valence-electron chi connectivity index (χ1n) is 12.8. The van der Waals surface area contributed by atoms with Crippen molar-refractivity contribution >= 4 is 11.9 Å². The van der Waals surface area contributed by atoms with Crippen molar-refractivity contribution in [2.75, 3.05) is 12.0 Å². The van der Waals surface area contributed by atoms with Crippen LogP contribution in [0.4, 0.5) is 19.1 Å². The lowest BCUT2D eigenvalue weighted by Gasteiger charge is -2.38. The van der Waals surface area contributed by atoms with Crippen LogP contribution in [0.2, 0.25) is 0 Å². The highest BCUT2D eigenvalue weighted by molar-refractivity contribution is 5.88. The first kappa shape index (κ1) is 24.8. The number of esters is 1. The van der Waals surface area contributed by atoms with Crippen molar-refractivity contribution in [1.82, 2.24) is 15.1 Å². The van der Waals surface area contributed by atoms with Gasteiger partial charge in [0.2, 0.25) is 5.95 Å². The summed E-state index contributed by atoms with van der Waals surface area (Å²) in [6.45, 7) is 0.144. The molecule has 2 saturated heterocycles. The second kappa shape index (κ2) is 9.68. The van der Waals surface area contributed by atoms with Crippen molar-refractivity contribution in [2.45, 2.75) is 75.4 Å². The molecule has 6 rings (SSSR count). The molecule has 38 heavy (non-hydrogen) atoms. The van der Waals surface area contributed by atoms with E-state index in [1.165, 1.54) is 31.6 Å². The number of carbonyl (C=O) groups excluding carboxylic acids is 1. The number of benzene rings is 1. The number of piperidine rings is 1. The van der Waals surface area contributed by atoms with Gasteiger partial charge in [0.15, 0.2) is 0 Å². The van der Waals surface area contributed by atoms with Gasteiger partial charge in [0, 0.05) is 41.5 Å². The first-order valence-corrected chi connectivity index (χ1v) is 12.8. The molecule has 3 fully saturated rings. The Morgan fingerprint density at radius 3 is 2.39 bits per heavy atom. The van der Waals surface area contributed by atoms with Crippen LogP contribution in [0.1, 0.15) is 71.7 Å². The third-order valence-corrected chi connectivity index (χ3v) is 7.70. The van der Waals surface area contributed by atoms with Gasteiger partial charge in [-0.2, -0.15) is 13.2 Å². The molecular formula is C27H27F3N4O4. The van der Waals surface area contributed by atoms with Gasteiger partial charge < -0.3 is 18.9 Å². The number of anilines is 1. The van der Waals surface area contributed by atoms with E-state index in [4.69, 9.17) is 14.0 Å². The monoisotopic (exact) mass is 528 g/mol. The highest BCUT2D eigenvalue weighted by Crippen LogP contribution is 2.46. The average Bonchev–Trinajstić information content (AvgIpc) is 3.62. The van der Waals surface area contributed by atoms with Crippen LogP contribution in [0.15, 0.2) is 41.2 Å². The lowest BCUT2D eigenvalue weighted by atomic mass is 9.98. The van der Waals surface area contributed by atoms with Gasteiger partial charge in [-0.3, -0.25) is 0 Å². The Hall–Kier alpha value is -3.47. The van der Waals surface area contributed by atoms with Crippen molar-refractivity contribution in [1.29, 1.82) is 0 Å². The number of ether oxygens (including phenoxy) is 2. The number of fused-ring (bicyclic) bond motifs is 2. The minimum Gasteiger partial charge on any atom is -0.465 e. The van der Waals surface area contributed by atoms with Crippen LogP contribution in [0.3, 0.4) is 0 Å². The Bertz CT molecular complexity index is 1310. The lowest BCUT2D eigenvalue weighted by molar-refractivity contribution is -0.137. The predicted molar refractivity (Wildman–Crippen MR) is 129 cm³/mol. The number of carbonyl (C=O) groups is 1. The fourth-order valence-corrected chi connectivity index (χ4v) is 5.74. The molecule has 1 aliphatic carbocycles. The predicted octanol–water partition coefficient (Wildman–Crippen LogP) is 5.53. The SMILES string of the molecule is COC(=O)c1cnc(N2[C@@H]3CC[C@H]2CC(OCc2c(-c4ccccc4C(F)(F)F)noc2C2CC2)C3)nc1. The molecule has 1 unspecified atom stereocenters. The highest BCUT2D eigenvalue weighted by atomic mass is 19.4. The zero-order chi connectivity index (χ0) is 26.4. The summed E-state index contributed by atoms with van der Waals surface area (Å²) >= 11 is 0. The van der Waals surface area contributed by atoms with Gasteiger partial charge in [-0.1, -0.05) is 23.4 Å². The van der Waals surface area contributed by atoms with Crippen molar-refractivity contribution in [3.05, 3.63) is 59.1 Å². The molecule has 8 nitrogen and oxygen atoms in total. The number of nitrogens with zero attached hydrogens (tertiary/aromatic N) is 4. The molecule has 2 aromatic heterocycles. The zero-order valence-corrected chi connectivity index (χ0v) is 20.8. The van der Waals surface area contributed by atoms with Gasteiger partial charge in [0.05, 0.1) is 30.9 Å². The zero-order valence-electron chi connectivity index (χ0n) is 20.8. The van der Waals surface area contributed by atoms with Crippen molar-refractivity contribution in [3.8, 4) is 11.3 Å². The second-order valence-electron chi connectivity index (χ2n) is 10.2. The quantitative estimate of drug-likeness (QED) is 0.370. The number of hydrogen-bond donors (Lipinski definition) is 0. The fraction of sp³-hybridized carbons (Fsp3) is 0.481. The van der Waals surface area contributed by atoms with Gasteiger partial charge in [-0.25, -0.2) is 14.8 Å². The Balaban J connectivity index is 1.19. The molecule has 1 aromatic carbocycles. The summed E-state index contributed by atoms with van der Waals surface area (Å²) < 4.78 is 57.9. The number of rotatable bonds is 7. The van der Waals surface area contributed by atoms with Gasteiger partial charge in [0.1, 0.15) is 11.5 Å². The maximum absolute atomic E-state index is 13.7. The van der Waals surface area contributed by atoms with Crippen molar-refractivity contribution in [2.24, 2.45) is 0 Å². The molecule has 200 valence electrons. The van der Waals surface area contributed by atoms with Crippen LogP contribution in [-0.2, 0) is 22.3 Å². The van der Waals surface area contributed by atoms with Crippen LogP contribution < -0.4 is 4.90 Å². The van der Waals surface area contributed by atoms with Crippen LogP contribution in [0.25, 0.3) is 11.3 Å². The van der Waals surface area contributed by atoms with E-state index in [1.54, 1.807) is 6.07 Å². The van der Waals surface area contributed by atoms with Crippen LogP contribution in [-0.4, -0.2) is 46.4 Å². The maximum Gasteiger partial charge on any atom is 0.417 e. The molecule has 0 N–H and O–H groups in total. The summed E-state index contributed by atoms with van der Waals surface area (Å²) in [4.78, 5) is 22.7. The lowest BCUT2D eigenvalue weighted by Crippen LogP contribution is -2.46. The third kappa shape index (κ3) is 4.63. The molecule has 4 heterocycles. The molecule has 3 aliphatic rings. The number of hydrogen-bond acceptors (Lipinski definition) is 8. The van der Waals surface area contributed by atoms with Gasteiger partial charge in [-0.05, 0) is 44.6 Å². The molecule has 2 bridgehead atoms. The van der Waals surface area contributed by atoms with Crippen LogP contribution in [0, 0.1) is 0 Å². The third-order valence-electron chi connectivity index (χ3n) is 7.70. The number of aromatic nitrogens is 3. The molecule has 0 amide bonds. The van der Waals surface area contributed by atoms with E-state index in [9.17, 15) is 18.0 Å². The molecular weight excluding hydrogens is 501 g/mol. The van der Waals surface area contributed by atoms with Gasteiger partial charge in [0.25, 0.3) is 0 Å². The Labute approximate surface area is 217 Å². The minimum absolute atomic E-state index is 0.0108. The molecule has 1 saturated carbocycles. The normalized spacial score (nSPS) is 23.1. The summed E-state index contributed by atoms with van der Waals surface area (Å²) in [5.74, 6) is 0.903. The number of methoxy groups -OCH3 is 1. The minimum atomic E-state index is -4.50. The summed E-state index contributed by atoms with van der Waals surface area (Å²) in [5, 5.41) is 4.09. The van der Waals surface area contributed by atoms with Gasteiger partial charge in [-0.15, -0.1) is 0 Å². The summed E-state index contributed by atoms with van der Waals surface area (Å²) in [6.07, 6.45) is 3.68. The molecule has 3 atom stereocenters. The summed E-state index contributed by atoms with van der Waals surface area (Å²) in [7, 11) is 1.31. The second-order valence-corrected chi connectivity index (χ2v) is 10.2. The average molecular weight is 529 g/mol.